The number of hydrogen-bond donors (Lipinski definition) is 3. The summed E-state index contributed by atoms with van der Waals surface area (Å²) < 4.78 is 6.08. The summed E-state index contributed by atoms with van der Waals surface area (Å²) in [5, 5.41) is 5.89. The van der Waals surface area contributed by atoms with Crippen molar-refractivity contribution in [1.82, 2.24) is 15.5 Å². The maximum Gasteiger partial charge on any atom is 0.242 e. The molecule has 1 saturated heterocycles. The molecular weight excluding hydrogens is 492 g/mol. The molecule has 2 heterocycles. The van der Waals surface area contributed by atoms with Crippen molar-refractivity contribution in [2.75, 3.05) is 19.7 Å². The number of nitrogens with one attached hydrogen (secondary N) is 2. The number of amides is 3. The highest BCUT2D eigenvalue weighted by atomic mass is 16.5. The highest BCUT2D eigenvalue weighted by Gasteiger charge is 2.26. The monoisotopic (exact) mass is 534 g/mol. The SMILES string of the molecule is Cc1ccc2cc1CNC(=O)[C@H](CCc1ccccc1)NC(=O)[C@@H](N)CCCC(=O)N1CCCC(CCO2)C1. The molecular formula is C31H42N4O4. The second-order valence-corrected chi connectivity index (χ2v) is 10.9. The van der Waals surface area contributed by atoms with Crippen molar-refractivity contribution in [3.8, 4) is 5.75 Å². The summed E-state index contributed by atoms with van der Waals surface area (Å²) in [6.45, 7) is 4.46. The number of carbonyl (C=O) groups excluding carboxylic acids is 3. The summed E-state index contributed by atoms with van der Waals surface area (Å²) in [6.07, 6.45) is 5.36. The van der Waals surface area contributed by atoms with Crippen LogP contribution in [0.15, 0.2) is 48.5 Å². The molecule has 3 atom stereocenters. The van der Waals surface area contributed by atoms with Gasteiger partial charge in [0, 0.05) is 26.1 Å². The first kappa shape index (κ1) is 28.6. The number of hydrogen-bond acceptors (Lipinski definition) is 5. The van der Waals surface area contributed by atoms with Crippen LogP contribution in [0.4, 0.5) is 0 Å². The summed E-state index contributed by atoms with van der Waals surface area (Å²) in [7, 11) is 0. The van der Waals surface area contributed by atoms with Gasteiger partial charge in [-0.1, -0.05) is 36.4 Å². The molecule has 4 N–H and O–H groups in total. The first-order valence-electron chi connectivity index (χ1n) is 14.3. The molecule has 8 nitrogen and oxygen atoms in total. The zero-order valence-electron chi connectivity index (χ0n) is 23.0. The Morgan fingerprint density at radius 2 is 1.82 bits per heavy atom. The van der Waals surface area contributed by atoms with Crippen LogP contribution in [0.25, 0.3) is 0 Å². The lowest BCUT2D eigenvalue weighted by Gasteiger charge is -2.33. The molecule has 2 aliphatic rings. The van der Waals surface area contributed by atoms with Crippen LogP contribution in [0.3, 0.4) is 0 Å². The van der Waals surface area contributed by atoms with Crippen LogP contribution in [0.1, 0.15) is 61.6 Å². The molecule has 1 fully saturated rings. The van der Waals surface area contributed by atoms with Gasteiger partial charge in [0.25, 0.3) is 0 Å². The molecule has 0 spiro atoms. The van der Waals surface area contributed by atoms with Crippen LogP contribution in [0.5, 0.6) is 5.75 Å². The third-order valence-electron chi connectivity index (χ3n) is 7.88. The Kier molecular flexibility index (Phi) is 10.4. The van der Waals surface area contributed by atoms with E-state index in [4.69, 9.17) is 10.5 Å². The van der Waals surface area contributed by atoms with E-state index in [0.29, 0.717) is 51.2 Å². The predicted octanol–water partition coefficient (Wildman–Crippen LogP) is 3.25. The van der Waals surface area contributed by atoms with Gasteiger partial charge in [0.15, 0.2) is 0 Å². The van der Waals surface area contributed by atoms with E-state index in [1.54, 1.807) is 0 Å². The van der Waals surface area contributed by atoms with Crippen molar-refractivity contribution >= 4 is 17.7 Å². The highest BCUT2D eigenvalue weighted by molar-refractivity contribution is 5.89. The van der Waals surface area contributed by atoms with Gasteiger partial charge in [0.2, 0.25) is 17.7 Å². The second-order valence-electron chi connectivity index (χ2n) is 10.9. The van der Waals surface area contributed by atoms with Crippen LogP contribution < -0.4 is 21.1 Å². The minimum atomic E-state index is -0.777. The number of aryl methyl sites for hydroxylation is 2. The molecule has 2 aliphatic heterocycles. The lowest BCUT2D eigenvalue weighted by atomic mass is 9.94. The fourth-order valence-electron chi connectivity index (χ4n) is 5.37. The van der Waals surface area contributed by atoms with Crippen LogP contribution in [0, 0.1) is 12.8 Å². The second kappa shape index (κ2) is 14.1. The number of piperidine rings is 1. The smallest absolute Gasteiger partial charge is 0.242 e. The molecule has 3 amide bonds. The normalized spacial score (nSPS) is 23.8. The van der Waals surface area contributed by atoms with E-state index in [1.165, 1.54) is 0 Å². The van der Waals surface area contributed by atoms with Gasteiger partial charge in [-0.2, -0.15) is 0 Å². The zero-order chi connectivity index (χ0) is 27.6. The third-order valence-corrected chi connectivity index (χ3v) is 7.88. The summed E-state index contributed by atoms with van der Waals surface area (Å²) in [5.74, 6) is 0.685. The Labute approximate surface area is 231 Å². The molecule has 4 bridgehead atoms. The molecule has 0 radical (unpaired) electrons. The molecule has 0 saturated carbocycles. The first-order valence-corrected chi connectivity index (χ1v) is 14.3. The Morgan fingerprint density at radius 1 is 1.00 bits per heavy atom. The summed E-state index contributed by atoms with van der Waals surface area (Å²) in [5.41, 5.74) is 9.32. The van der Waals surface area contributed by atoms with Gasteiger partial charge in [-0.05, 0) is 86.6 Å². The Morgan fingerprint density at radius 3 is 2.64 bits per heavy atom. The number of nitrogens with two attached hydrogens (primary N) is 1. The van der Waals surface area contributed by atoms with Gasteiger partial charge in [-0.25, -0.2) is 0 Å². The molecule has 2 aromatic carbocycles. The summed E-state index contributed by atoms with van der Waals surface area (Å²) in [4.78, 5) is 41.1. The number of ether oxygens (including phenoxy) is 1. The summed E-state index contributed by atoms with van der Waals surface area (Å²) in [6, 6.07) is 14.3. The minimum absolute atomic E-state index is 0.117. The van der Waals surface area contributed by atoms with Crippen LogP contribution in [-0.4, -0.2) is 54.4 Å². The molecule has 210 valence electrons. The van der Waals surface area contributed by atoms with E-state index in [9.17, 15) is 14.4 Å². The van der Waals surface area contributed by atoms with E-state index in [1.807, 2.05) is 60.4 Å². The average molecular weight is 535 g/mol. The van der Waals surface area contributed by atoms with Gasteiger partial charge >= 0.3 is 0 Å². The van der Waals surface area contributed by atoms with E-state index in [0.717, 1.165) is 54.8 Å². The van der Waals surface area contributed by atoms with Gasteiger partial charge < -0.3 is 26.0 Å². The molecule has 4 rings (SSSR count). The number of rotatable bonds is 3. The maximum absolute atomic E-state index is 13.3. The Hall–Kier alpha value is -3.39. The van der Waals surface area contributed by atoms with E-state index >= 15 is 0 Å². The number of nitrogens with zero attached hydrogens (tertiary/aromatic N) is 1. The lowest BCUT2D eigenvalue weighted by Crippen LogP contribution is -2.51. The predicted molar refractivity (Wildman–Crippen MR) is 151 cm³/mol. The largest absolute Gasteiger partial charge is 0.494 e. The lowest BCUT2D eigenvalue weighted by molar-refractivity contribution is -0.133. The summed E-state index contributed by atoms with van der Waals surface area (Å²) >= 11 is 0. The van der Waals surface area contributed by atoms with Crippen molar-refractivity contribution in [2.45, 2.75) is 76.9 Å². The van der Waals surface area contributed by atoms with Gasteiger partial charge in [-0.15, -0.1) is 0 Å². The quantitative estimate of drug-likeness (QED) is 0.560. The fraction of sp³-hybridized carbons (Fsp3) is 0.516. The number of fused-ring (bicyclic) bond motifs is 4. The van der Waals surface area contributed by atoms with Crippen LogP contribution >= 0.6 is 0 Å². The molecule has 0 aromatic heterocycles. The molecule has 8 heteroatoms. The van der Waals surface area contributed by atoms with E-state index < -0.39 is 12.1 Å². The van der Waals surface area contributed by atoms with E-state index in [-0.39, 0.29) is 17.7 Å². The Balaban J connectivity index is 1.49. The standard InChI is InChI=1S/C31H42N4O4/c1-22-12-14-26-19-25(22)20-33-31(38)28(15-13-23-7-3-2-4-8-23)34-30(37)27(32)10-5-11-29(36)35-17-6-9-24(21-35)16-18-39-26/h2-4,7-8,12,14,19,24,27-28H,5-6,9-11,13,15-18,20-21,32H2,1H3,(H,33,38)(H,34,37)/t24?,27-,28-/m0/s1. The van der Waals surface area contributed by atoms with E-state index in [2.05, 4.69) is 10.6 Å². The van der Waals surface area contributed by atoms with Crippen molar-refractivity contribution in [2.24, 2.45) is 11.7 Å². The van der Waals surface area contributed by atoms with Gasteiger partial charge in [0.1, 0.15) is 11.8 Å². The maximum atomic E-state index is 13.3. The Bertz CT molecular complexity index is 1120. The molecule has 39 heavy (non-hydrogen) atoms. The average Bonchev–Trinajstić information content (AvgIpc) is 2.95. The van der Waals surface area contributed by atoms with Crippen molar-refractivity contribution in [3.63, 3.8) is 0 Å². The van der Waals surface area contributed by atoms with Gasteiger partial charge in [0.05, 0.1) is 12.6 Å². The van der Waals surface area contributed by atoms with Crippen molar-refractivity contribution < 1.29 is 19.1 Å². The van der Waals surface area contributed by atoms with Gasteiger partial charge in [-0.3, -0.25) is 14.4 Å². The third kappa shape index (κ3) is 8.55. The minimum Gasteiger partial charge on any atom is -0.494 e. The first-order chi connectivity index (χ1) is 18.9. The number of carbonyl (C=O) groups is 3. The van der Waals surface area contributed by atoms with Crippen molar-refractivity contribution in [3.05, 3.63) is 65.2 Å². The molecule has 2 aromatic rings. The highest BCUT2D eigenvalue weighted by Crippen LogP contribution is 2.23. The zero-order valence-corrected chi connectivity index (χ0v) is 23.0. The molecule has 1 unspecified atom stereocenters. The fourth-order valence-corrected chi connectivity index (χ4v) is 5.37. The van der Waals surface area contributed by atoms with Crippen LogP contribution in [-0.2, 0) is 27.3 Å². The van der Waals surface area contributed by atoms with Crippen LogP contribution in [0.2, 0.25) is 0 Å². The van der Waals surface area contributed by atoms with Crippen molar-refractivity contribution in [1.29, 1.82) is 0 Å². The molecule has 0 aliphatic carbocycles. The topological polar surface area (TPSA) is 114 Å². The number of benzene rings is 2.